The minimum atomic E-state index is -0.841. The summed E-state index contributed by atoms with van der Waals surface area (Å²) in [5.41, 5.74) is 0.475. The third kappa shape index (κ3) is 3.64. The van der Waals surface area contributed by atoms with Crippen molar-refractivity contribution in [2.75, 3.05) is 14.2 Å². The molecule has 6 unspecified atom stereocenters. The molecule has 0 heterocycles. The van der Waals surface area contributed by atoms with Gasteiger partial charge in [-0.2, -0.15) is 0 Å². The molecule has 4 saturated carbocycles. The van der Waals surface area contributed by atoms with Gasteiger partial charge in [0, 0.05) is 12.3 Å². The monoisotopic (exact) mass is 432 g/mol. The van der Waals surface area contributed by atoms with Crippen LogP contribution in [0.4, 0.5) is 0 Å². The maximum absolute atomic E-state index is 13.4. The second kappa shape index (κ2) is 8.51. The molecule has 0 aromatic rings. The van der Waals surface area contributed by atoms with Crippen LogP contribution in [0.5, 0.6) is 0 Å². The molecule has 0 bridgehead atoms. The number of ketones is 1. The van der Waals surface area contributed by atoms with Crippen molar-refractivity contribution in [3.8, 4) is 0 Å². The van der Waals surface area contributed by atoms with E-state index in [2.05, 4.69) is 13.8 Å². The first-order chi connectivity index (χ1) is 14.8. The average Bonchev–Trinajstić information content (AvgIpc) is 3.10. The van der Waals surface area contributed by atoms with Gasteiger partial charge in [-0.15, -0.1) is 0 Å². The SMILES string of the molecule is COC(=O)C(CCC1CCC2C3C(=O)CC4CCCCC4(C)C3CC[C@]12C)C(=O)OC. The van der Waals surface area contributed by atoms with Crippen molar-refractivity contribution in [3.63, 3.8) is 0 Å². The van der Waals surface area contributed by atoms with Crippen LogP contribution in [0.15, 0.2) is 0 Å². The lowest BCUT2D eigenvalue weighted by atomic mass is 9.44. The zero-order valence-electron chi connectivity index (χ0n) is 19.8. The molecular weight excluding hydrogens is 392 g/mol. The fourth-order valence-electron chi connectivity index (χ4n) is 8.53. The molecule has 0 radical (unpaired) electrons. The van der Waals surface area contributed by atoms with Crippen molar-refractivity contribution >= 4 is 17.7 Å². The largest absolute Gasteiger partial charge is 0.468 e. The van der Waals surface area contributed by atoms with Gasteiger partial charge in [0.25, 0.3) is 0 Å². The van der Waals surface area contributed by atoms with Crippen LogP contribution in [0.2, 0.25) is 0 Å². The summed E-state index contributed by atoms with van der Waals surface area (Å²) in [7, 11) is 2.64. The van der Waals surface area contributed by atoms with E-state index in [1.54, 1.807) is 0 Å². The smallest absolute Gasteiger partial charge is 0.320 e. The van der Waals surface area contributed by atoms with Crippen molar-refractivity contribution in [2.24, 2.45) is 46.3 Å². The van der Waals surface area contributed by atoms with Crippen LogP contribution in [0.3, 0.4) is 0 Å². The van der Waals surface area contributed by atoms with E-state index in [4.69, 9.17) is 9.47 Å². The molecule has 174 valence electrons. The van der Waals surface area contributed by atoms with Crippen LogP contribution in [-0.4, -0.2) is 31.9 Å². The molecule has 0 N–H and O–H groups in total. The van der Waals surface area contributed by atoms with Crippen LogP contribution in [0.1, 0.15) is 84.5 Å². The predicted molar refractivity (Wildman–Crippen MR) is 117 cm³/mol. The minimum Gasteiger partial charge on any atom is -0.468 e. The van der Waals surface area contributed by atoms with Gasteiger partial charge < -0.3 is 9.47 Å². The lowest BCUT2D eigenvalue weighted by molar-refractivity contribution is -0.159. The molecule has 7 atom stereocenters. The van der Waals surface area contributed by atoms with Crippen LogP contribution in [-0.2, 0) is 23.9 Å². The molecule has 4 aliphatic carbocycles. The van der Waals surface area contributed by atoms with Gasteiger partial charge in [-0.05, 0) is 85.9 Å². The van der Waals surface area contributed by atoms with Crippen LogP contribution >= 0.6 is 0 Å². The first-order valence-corrected chi connectivity index (χ1v) is 12.4. The number of rotatable bonds is 5. The summed E-state index contributed by atoms with van der Waals surface area (Å²) < 4.78 is 9.69. The number of carbonyl (C=O) groups excluding carboxylic acids is 3. The molecule has 0 aromatic carbocycles. The number of hydrogen-bond donors (Lipinski definition) is 0. The predicted octanol–water partition coefficient (Wildman–Crippen LogP) is 4.96. The zero-order valence-corrected chi connectivity index (χ0v) is 19.8. The Morgan fingerprint density at radius 1 is 0.935 bits per heavy atom. The molecule has 4 aliphatic rings. The molecule has 0 saturated heterocycles. The summed E-state index contributed by atoms with van der Waals surface area (Å²) in [5.74, 6) is 0.951. The van der Waals surface area contributed by atoms with Crippen LogP contribution in [0.25, 0.3) is 0 Å². The highest BCUT2D eigenvalue weighted by atomic mass is 16.5. The number of carbonyl (C=O) groups is 3. The molecule has 0 amide bonds. The fraction of sp³-hybridized carbons (Fsp3) is 0.885. The Hall–Kier alpha value is -1.39. The Balaban J connectivity index is 1.50. The number of Topliss-reactive ketones (excluding diaryl/α,β-unsaturated/α-hetero) is 1. The van der Waals surface area contributed by atoms with Crippen molar-refractivity contribution < 1.29 is 23.9 Å². The van der Waals surface area contributed by atoms with Crippen LogP contribution in [0, 0.1) is 46.3 Å². The van der Waals surface area contributed by atoms with Crippen molar-refractivity contribution in [3.05, 3.63) is 0 Å². The molecular formula is C26H40O5. The van der Waals surface area contributed by atoms with Gasteiger partial charge in [0.1, 0.15) is 5.78 Å². The van der Waals surface area contributed by atoms with Gasteiger partial charge in [-0.1, -0.05) is 26.7 Å². The molecule has 0 spiro atoms. The molecule has 5 nitrogen and oxygen atoms in total. The standard InChI is InChI=1S/C26H40O5/c1-25-13-6-5-7-17(25)15-21(27)22-19-11-9-16(26(19,2)14-12-20(22)25)8-10-18(23(28)30-3)24(29)31-4/h16-20,22H,5-15H2,1-4H3/t16?,17?,19?,20?,22?,25?,26-/m1/s1. The van der Waals surface area contributed by atoms with Gasteiger partial charge in [-0.25, -0.2) is 0 Å². The Labute approximate surface area is 187 Å². The third-order valence-corrected chi connectivity index (χ3v) is 10.4. The van der Waals surface area contributed by atoms with E-state index >= 15 is 0 Å². The minimum absolute atomic E-state index is 0.130. The van der Waals surface area contributed by atoms with Gasteiger partial charge in [0.05, 0.1) is 14.2 Å². The quantitative estimate of drug-likeness (QED) is 0.454. The van der Waals surface area contributed by atoms with E-state index in [1.165, 1.54) is 46.3 Å². The summed E-state index contributed by atoms with van der Waals surface area (Å²) in [5, 5.41) is 0. The lowest BCUT2D eigenvalue weighted by Gasteiger charge is -2.59. The van der Waals surface area contributed by atoms with Gasteiger partial charge in [0.2, 0.25) is 0 Å². The number of hydrogen-bond acceptors (Lipinski definition) is 5. The highest BCUT2D eigenvalue weighted by Gasteiger charge is 2.62. The molecule has 5 heteroatoms. The number of methoxy groups -OCH3 is 2. The number of ether oxygens (including phenoxy) is 2. The second-order valence-electron chi connectivity index (χ2n) is 11.4. The van der Waals surface area contributed by atoms with Crippen LogP contribution < -0.4 is 0 Å². The highest BCUT2D eigenvalue weighted by molar-refractivity contribution is 5.94. The summed E-state index contributed by atoms with van der Waals surface area (Å²) in [4.78, 5) is 37.6. The van der Waals surface area contributed by atoms with E-state index in [1.807, 2.05) is 0 Å². The van der Waals surface area contributed by atoms with E-state index in [9.17, 15) is 14.4 Å². The summed E-state index contributed by atoms with van der Waals surface area (Å²) >= 11 is 0. The number of esters is 2. The summed E-state index contributed by atoms with van der Waals surface area (Å²) in [6.07, 6.45) is 11.7. The van der Waals surface area contributed by atoms with Crippen molar-refractivity contribution in [2.45, 2.75) is 84.5 Å². The third-order valence-electron chi connectivity index (χ3n) is 10.4. The zero-order chi connectivity index (χ0) is 22.4. The average molecular weight is 433 g/mol. The second-order valence-corrected chi connectivity index (χ2v) is 11.4. The topological polar surface area (TPSA) is 69.7 Å². The Kier molecular flexibility index (Phi) is 6.26. The van der Waals surface area contributed by atoms with E-state index < -0.39 is 17.9 Å². The van der Waals surface area contributed by atoms with Crippen molar-refractivity contribution in [1.82, 2.24) is 0 Å². The Bertz CT molecular complexity index is 715. The van der Waals surface area contributed by atoms with Crippen molar-refractivity contribution in [1.29, 1.82) is 0 Å². The number of fused-ring (bicyclic) bond motifs is 5. The Morgan fingerprint density at radius 3 is 2.29 bits per heavy atom. The molecule has 4 fully saturated rings. The van der Waals surface area contributed by atoms with Gasteiger partial charge >= 0.3 is 11.9 Å². The maximum Gasteiger partial charge on any atom is 0.320 e. The molecule has 0 aliphatic heterocycles. The highest BCUT2D eigenvalue weighted by Crippen LogP contribution is 2.67. The summed E-state index contributed by atoms with van der Waals surface area (Å²) in [6.45, 7) is 4.88. The fourth-order valence-corrected chi connectivity index (χ4v) is 8.53. The molecule has 31 heavy (non-hydrogen) atoms. The Morgan fingerprint density at radius 2 is 1.61 bits per heavy atom. The molecule has 4 rings (SSSR count). The van der Waals surface area contributed by atoms with E-state index in [0.29, 0.717) is 41.3 Å². The van der Waals surface area contributed by atoms with Gasteiger partial charge in [-0.3, -0.25) is 14.4 Å². The molecule has 0 aromatic heterocycles. The van der Waals surface area contributed by atoms with E-state index in [-0.39, 0.29) is 11.3 Å². The van der Waals surface area contributed by atoms with E-state index in [0.717, 1.165) is 32.1 Å². The van der Waals surface area contributed by atoms with Gasteiger partial charge in [0.15, 0.2) is 5.92 Å². The lowest BCUT2D eigenvalue weighted by Crippen LogP contribution is -2.56. The summed E-state index contributed by atoms with van der Waals surface area (Å²) in [6, 6.07) is 0. The normalized spacial score (nSPS) is 41.8. The first-order valence-electron chi connectivity index (χ1n) is 12.4. The first kappa shape index (κ1) is 22.8. The maximum atomic E-state index is 13.4.